The average molecular weight is 1470 g/mol. The van der Waals surface area contributed by atoms with Crippen molar-refractivity contribution >= 4 is 121 Å². The van der Waals surface area contributed by atoms with Crippen molar-refractivity contribution in [2.24, 2.45) is 0 Å². The number of halogens is 2. The van der Waals surface area contributed by atoms with Crippen molar-refractivity contribution in [3.05, 3.63) is 396 Å². The van der Waals surface area contributed by atoms with E-state index >= 15 is 8.78 Å². The molecule has 22 rings (SSSR count). The molecule has 542 valence electrons. The molecule has 0 amide bonds. The smallest absolute Gasteiger partial charge is 0.159 e. The Morgan fingerprint density at radius 2 is 0.596 bits per heavy atom. The van der Waals surface area contributed by atoms with Gasteiger partial charge in [-0.2, -0.15) is 0 Å². The van der Waals surface area contributed by atoms with E-state index in [1.54, 1.807) is 12.1 Å². The first-order chi connectivity index (χ1) is 55.8. The van der Waals surface area contributed by atoms with E-state index in [2.05, 4.69) is 318 Å². The van der Waals surface area contributed by atoms with E-state index in [-0.39, 0.29) is 0 Å². The minimum absolute atomic E-state index is 0.387. The number of aryl methyl sites for hydroxylation is 2. The van der Waals surface area contributed by atoms with Gasteiger partial charge in [0, 0.05) is 54.3 Å². The van der Waals surface area contributed by atoms with Crippen LogP contribution in [0.4, 0.5) is 42.9 Å². The lowest BCUT2D eigenvalue weighted by Crippen LogP contribution is -2.44. The van der Waals surface area contributed by atoms with Gasteiger partial charge in [0.15, 0.2) is 11.2 Å². The highest BCUT2D eigenvalue weighted by molar-refractivity contribution is 6.21. The lowest BCUT2D eigenvalue weighted by molar-refractivity contribution is 0.376. The number of furan rings is 2. The van der Waals surface area contributed by atoms with E-state index in [0.29, 0.717) is 33.9 Å². The Bertz CT molecular complexity index is 7050. The summed E-state index contributed by atoms with van der Waals surface area (Å²) in [5.74, 6) is -0.790. The Kier molecular flexibility index (Phi) is 14.9. The fourth-order valence-corrected chi connectivity index (χ4v) is 20.0. The predicted octanol–water partition coefficient (Wildman–Crippen LogP) is 30.5. The molecule has 0 fully saturated rings. The highest BCUT2D eigenvalue weighted by Crippen LogP contribution is 2.70. The lowest BCUT2D eigenvalue weighted by Gasteiger charge is -2.46. The van der Waals surface area contributed by atoms with Gasteiger partial charge in [-0.05, 0) is 221 Å². The normalized spacial score (nSPS) is 14.9. The molecule has 2 heterocycles. The SMILES string of the molecule is Cc1cccc(-c2cc(-c3ccccc3)cc(F)c2N(c2cc3c(c4ccccc24)-c2c(ccc4ccccc24)C3(C)C2(C)c3ccc4ccccc4c3-c3c2cc(N(c2c(F)cc(-c4ccccc4)cc2-c2cccc(C)c2C)c2cccc4c2oc2ccccc24)c2ccccc32)c2cccc3c2oc2ccccc23)c1C. The fourth-order valence-electron chi connectivity index (χ4n) is 20.0. The molecule has 0 bridgehead atoms. The minimum Gasteiger partial charge on any atom is -0.454 e. The number of nitrogens with zero attached hydrogens (tertiary/aromatic N) is 2. The zero-order valence-electron chi connectivity index (χ0n) is 63.8. The Balaban J connectivity index is 0.899. The largest absolute Gasteiger partial charge is 0.454 e. The molecule has 20 aromatic rings. The number of rotatable bonds is 11. The number of hydrogen-bond acceptors (Lipinski definition) is 4. The van der Waals surface area contributed by atoms with Gasteiger partial charge in [-0.3, -0.25) is 0 Å². The average Bonchev–Trinajstić information content (AvgIpc) is 1.48. The van der Waals surface area contributed by atoms with Crippen LogP contribution in [0.5, 0.6) is 0 Å². The molecule has 0 saturated heterocycles. The summed E-state index contributed by atoms with van der Waals surface area (Å²) in [6, 6.07) is 119. The molecule has 0 N–H and O–H groups in total. The van der Waals surface area contributed by atoms with Crippen molar-refractivity contribution in [1.82, 2.24) is 0 Å². The van der Waals surface area contributed by atoms with Crippen LogP contribution < -0.4 is 9.80 Å². The first-order valence-corrected chi connectivity index (χ1v) is 39.3. The van der Waals surface area contributed by atoms with Crippen molar-refractivity contribution < 1.29 is 17.6 Å². The zero-order valence-corrected chi connectivity index (χ0v) is 63.8. The van der Waals surface area contributed by atoms with Crippen molar-refractivity contribution in [2.75, 3.05) is 9.80 Å². The maximum absolute atomic E-state index is 19.7. The third-order valence-electron chi connectivity index (χ3n) is 25.9. The highest BCUT2D eigenvalue weighted by Gasteiger charge is 2.59. The maximum Gasteiger partial charge on any atom is 0.159 e. The van der Waals surface area contributed by atoms with E-state index in [1.807, 2.05) is 60.7 Å². The topological polar surface area (TPSA) is 32.8 Å². The molecule has 0 radical (unpaired) electrons. The summed E-state index contributed by atoms with van der Waals surface area (Å²) >= 11 is 0. The third-order valence-corrected chi connectivity index (χ3v) is 25.9. The van der Waals surface area contributed by atoms with Crippen LogP contribution in [0.1, 0.15) is 58.4 Å². The summed E-state index contributed by atoms with van der Waals surface area (Å²) in [6.45, 7) is 13.6. The van der Waals surface area contributed by atoms with Gasteiger partial charge in [0.1, 0.15) is 22.8 Å². The zero-order chi connectivity index (χ0) is 76.6. The van der Waals surface area contributed by atoms with Crippen molar-refractivity contribution in [3.8, 4) is 66.8 Å². The van der Waals surface area contributed by atoms with Gasteiger partial charge in [-0.15, -0.1) is 0 Å². The van der Waals surface area contributed by atoms with E-state index in [0.717, 1.165) is 198 Å². The van der Waals surface area contributed by atoms with Crippen LogP contribution in [0.2, 0.25) is 0 Å². The van der Waals surface area contributed by atoms with E-state index in [9.17, 15) is 0 Å². The van der Waals surface area contributed by atoms with Crippen LogP contribution >= 0.6 is 0 Å². The molecule has 0 aliphatic heterocycles. The van der Waals surface area contributed by atoms with Crippen LogP contribution in [0.15, 0.2) is 349 Å². The molecule has 2 aliphatic rings. The third kappa shape index (κ3) is 9.55. The molecule has 2 unspecified atom stereocenters. The number of anilines is 6. The van der Waals surface area contributed by atoms with Crippen molar-refractivity contribution in [2.45, 2.75) is 52.4 Å². The fraction of sp³-hybridized carbons (Fsp3) is 0.0741. The second kappa shape index (κ2) is 25.3. The second-order valence-electron chi connectivity index (χ2n) is 31.5. The first-order valence-electron chi connectivity index (χ1n) is 39.3. The Morgan fingerprint density at radius 1 is 0.254 bits per heavy atom. The summed E-state index contributed by atoms with van der Waals surface area (Å²) < 4.78 is 53.9. The van der Waals surface area contributed by atoms with Crippen LogP contribution in [0.3, 0.4) is 0 Å². The molecule has 114 heavy (non-hydrogen) atoms. The molecule has 2 aliphatic carbocycles. The molecule has 4 nitrogen and oxygen atoms in total. The molecule has 18 aromatic carbocycles. The van der Waals surface area contributed by atoms with Gasteiger partial charge in [-0.1, -0.05) is 293 Å². The van der Waals surface area contributed by atoms with Gasteiger partial charge < -0.3 is 18.6 Å². The van der Waals surface area contributed by atoms with Crippen LogP contribution in [0.25, 0.3) is 154 Å². The van der Waals surface area contributed by atoms with E-state index in [1.165, 1.54) is 0 Å². The molecule has 2 aromatic heterocycles. The molecular weight excluding hydrogens is 1400 g/mol. The van der Waals surface area contributed by atoms with Crippen molar-refractivity contribution in [3.63, 3.8) is 0 Å². The summed E-state index contributed by atoms with van der Waals surface area (Å²) in [4.78, 5) is 4.41. The molecule has 6 heteroatoms. The van der Waals surface area contributed by atoms with Gasteiger partial charge in [0.05, 0.1) is 34.1 Å². The monoisotopic (exact) mass is 1470 g/mol. The number of fused-ring (bicyclic) bond motifs is 20. The van der Waals surface area contributed by atoms with Crippen LogP contribution in [-0.4, -0.2) is 0 Å². The minimum atomic E-state index is -1.03. The quantitative estimate of drug-likeness (QED) is 0.129. The van der Waals surface area contributed by atoms with E-state index < -0.39 is 22.5 Å². The van der Waals surface area contributed by atoms with Crippen LogP contribution in [-0.2, 0) is 10.8 Å². The summed E-state index contributed by atoms with van der Waals surface area (Å²) in [7, 11) is 0. The van der Waals surface area contributed by atoms with Gasteiger partial charge in [0.2, 0.25) is 0 Å². The van der Waals surface area contributed by atoms with Crippen LogP contribution in [0, 0.1) is 39.3 Å². The number of benzene rings is 18. The number of hydrogen-bond donors (Lipinski definition) is 0. The first kappa shape index (κ1) is 67.0. The summed E-state index contributed by atoms with van der Waals surface area (Å²) in [6.07, 6.45) is 0. The Hall–Kier alpha value is -13.9. The molecular formula is C108H74F2N2O2. The van der Waals surface area contributed by atoms with Crippen molar-refractivity contribution in [1.29, 1.82) is 0 Å². The van der Waals surface area contributed by atoms with E-state index in [4.69, 9.17) is 8.83 Å². The maximum atomic E-state index is 19.7. The Labute approximate surface area is 659 Å². The van der Waals surface area contributed by atoms with Gasteiger partial charge in [0.25, 0.3) is 0 Å². The van der Waals surface area contributed by atoms with Gasteiger partial charge >= 0.3 is 0 Å². The standard InChI is InChI=1S/C108H74F2N2O2/c1-63-29-25-45-73(65(63)3)85-57-71(67-31-9-7-10-32-67)59-91(109)103(85)111(93-49-27-47-83-79-41-21-23-51-97(79)113-105(83)93)95-61-89-101(81-43-19-17-39-77(81)95)99-75-37-15-13-35-69(75)53-55-87(99)107(89,5)108(6)88-56-54-70-36-14-16-38-76(70)100(88)102-82-44-20-18-40-78(82)96(62-90(102)108)112(94-50-28-48-84-80-42-22-24-52-98(80)114-106(84)94)104-86(74-46-26-30-64(2)66(74)4)58-72(60-92(104)110)68-33-11-8-12-34-68/h7-62H,1-6H3. The Morgan fingerprint density at radius 3 is 1.02 bits per heavy atom. The van der Waals surface area contributed by atoms with Gasteiger partial charge in [-0.25, -0.2) is 8.78 Å². The lowest BCUT2D eigenvalue weighted by atomic mass is 9.56. The molecule has 0 spiro atoms. The molecule has 0 saturated carbocycles. The second-order valence-corrected chi connectivity index (χ2v) is 31.5. The number of para-hydroxylation sites is 4. The summed E-state index contributed by atoms with van der Waals surface area (Å²) in [5, 5.41) is 12.1. The molecule has 2 atom stereocenters. The predicted molar refractivity (Wildman–Crippen MR) is 471 cm³/mol. The summed E-state index contributed by atoms with van der Waals surface area (Å²) in [5.41, 5.74) is 24.2. The highest BCUT2D eigenvalue weighted by atomic mass is 19.1.